The Bertz CT molecular complexity index is 265. The summed E-state index contributed by atoms with van der Waals surface area (Å²) in [5.74, 6) is -0.0174. The van der Waals surface area contributed by atoms with Crippen LogP contribution in [0.3, 0.4) is 0 Å². The smallest absolute Gasteiger partial charge is 0.323 e. The minimum Gasteiger partial charge on any atom is -0.465 e. The highest BCUT2D eigenvalue weighted by Crippen LogP contribution is 2.19. The SMILES string of the molecule is CCOC(=O)C1CCCN1CCCN1CCCC1. The molecule has 4 nitrogen and oxygen atoms in total. The molecule has 0 spiro atoms. The average molecular weight is 254 g/mol. The van der Waals surface area contributed by atoms with Crippen molar-refractivity contribution in [3.8, 4) is 0 Å². The summed E-state index contributed by atoms with van der Waals surface area (Å²) in [6.07, 6.45) is 6.00. The zero-order chi connectivity index (χ0) is 12.8. The Morgan fingerprint density at radius 2 is 1.94 bits per heavy atom. The molecule has 2 aliphatic heterocycles. The van der Waals surface area contributed by atoms with Gasteiger partial charge in [-0.3, -0.25) is 9.69 Å². The first kappa shape index (κ1) is 13.8. The first-order valence-electron chi connectivity index (χ1n) is 7.44. The van der Waals surface area contributed by atoms with Gasteiger partial charge in [0.05, 0.1) is 6.61 Å². The molecule has 0 amide bonds. The predicted octanol–water partition coefficient (Wildman–Crippen LogP) is 1.50. The van der Waals surface area contributed by atoms with E-state index in [0.29, 0.717) is 6.61 Å². The molecule has 1 atom stereocenters. The molecule has 2 saturated heterocycles. The van der Waals surface area contributed by atoms with Crippen LogP contribution >= 0.6 is 0 Å². The molecule has 2 heterocycles. The van der Waals surface area contributed by atoms with E-state index in [4.69, 9.17) is 4.74 Å². The van der Waals surface area contributed by atoms with Crippen LogP contribution in [0.5, 0.6) is 0 Å². The fraction of sp³-hybridized carbons (Fsp3) is 0.929. The quantitative estimate of drug-likeness (QED) is 0.673. The molecular weight excluding hydrogens is 228 g/mol. The van der Waals surface area contributed by atoms with Crippen molar-refractivity contribution in [3.05, 3.63) is 0 Å². The number of nitrogens with zero attached hydrogens (tertiary/aromatic N) is 2. The lowest BCUT2D eigenvalue weighted by Crippen LogP contribution is -2.38. The van der Waals surface area contributed by atoms with E-state index in [2.05, 4.69) is 9.80 Å². The van der Waals surface area contributed by atoms with Crippen LogP contribution in [0.4, 0.5) is 0 Å². The van der Waals surface area contributed by atoms with E-state index >= 15 is 0 Å². The number of hydrogen-bond donors (Lipinski definition) is 0. The highest BCUT2D eigenvalue weighted by Gasteiger charge is 2.31. The van der Waals surface area contributed by atoms with E-state index in [0.717, 1.165) is 25.9 Å². The lowest BCUT2D eigenvalue weighted by Gasteiger charge is -2.24. The molecule has 0 saturated carbocycles. The van der Waals surface area contributed by atoms with Crippen LogP contribution in [-0.2, 0) is 9.53 Å². The van der Waals surface area contributed by atoms with E-state index in [1.165, 1.54) is 38.9 Å². The normalized spacial score (nSPS) is 25.7. The van der Waals surface area contributed by atoms with Gasteiger partial charge in [-0.25, -0.2) is 0 Å². The van der Waals surface area contributed by atoms with Crippen LogP contribution in [-0.4, -0.2) is 61.1 Å². The zero-order valence-corrected chi connectivity index (χ0v) is 11.6. The number of carbonyl (C=O) groups excluding carboxylic acids is 1. The maximum absolute atomic E-state index is 11.8. The second-order valence-electron chi connectivity index (χ2n) is 5.35. The number of hydrogen-bond acceptors (Lipinski definition) is 4. The number of likely N-dealkylation sites (tertiary alicyclic amines) is 2. The largest absolute Gasteiger partial charge is 0.465 e. The lowest BCUT2D eigenvalue weighted by molar-refractivity contribution is -0.148. The van der Waals surface area contributed by atoms with Crippen molar-refractivity contribution in [2.24, 2.45) is 0 Å². The van der Waals surface area contributed by atoms with Gasteiger partial charge < -0.3 is 9.64 Å². The molecule has 18 heavy (non-hydrogen) atoms. The van der Waals surface area contributed by atoms with Gasteiger partial charge in [0, 0.05) is 6.54 Å². The van der Waals surface area contributed by atoms with Gasteiger partial charge in [0.2, 0.25) is 0 Å². The molecule has 0 bridgehead atoms. The maximum Gasteiger partial charge on any atom is 0.323 e. The Balaban J connectivity index is 1.68. The molecule has 2 rings (SSSR count). The van der Waals surface area contributed by atoms with E-state index in [-0.39, 0.29) is 12.0 Å². The van der Waals surface area contributed by atoms with Gasteiger partial charge in [-0.1, -0.05) is 0 Å². The molecule has 0 aliphatic carbocycles. The van der Waals surface area contributed by atoms with Crippen molar-refractivity contribution in [3.63, 3.8) is 0 Å². The minimum atomic E-state index is -0.0174. The molecule has 0 aromatic carbocycles. The van der Waals surface area contributed by atoms with Crippen molar-refractivity contribution in [1.29, 1.82) is 0 Å². The highest BCUT2D eigenvalue weighted by molar-refractivity contribution is 5.76. The summed E-state index contributed by atoms with van der Waals surface area (Å²) in [5.41, 5.74) is 0. The summed E-state index contributed by atoms with van der Waals surface area (Å²) < 4.78 is 5.14. The van der Waals surface area contributed by atoms with Crippen molar-refractivity contribution >= 4 is 5.97 Å². The summed E-state index contributed by atoms with van der Waals surface area (Å²) >= 11 is 0. The number of ether oxygens (including phenoxy) is 1. The summed E-state index contributed by atoms with van der Waals surface area (Å²) in [6.45, 7) is 8.19. The molecule has 0 radical (unpaired) electrons. The predicted molar refractivity (Wildman–Crippen MR) is 71.5 cm³/mol. The minimum absolute atomic E-state index is 0.0174. The maximum atomic E-state index is 11.8. The van der Waals surface area contributed by atoms with Gasteiger partial charge in [-0.15, -0.1) is 0 Å². The van der Waals surface area contributed by atoms with Gasteiger partial charge in [-0.2, -0.15) is 0 Å². The van der Waals surface area contributed by atoms with Crippen molar-refractivity contribution < 1.29 is 9.53 Å². The summed E-state index contributed by atoms with van der Waals surface area (Å²) in [4.78, 5) is 16.7. The molecular formula is C14H26N2O2. The summed E-state index contributed by atoms with van der Waals surface area (Å²) in [7, 11) is 0. The third kappa shape index (κ3) is 3.69. The van der Waals surface area contributed by atoms with Gasteiger partial charge in [0.15, 0.2) is 0 Å². The molecule has 0 aromatic rings. The Hall–Kier alpha value is -0.610. The second-order valence-corrected chi connectivity index (χ2v) is 5.35. The van der Waals surface area contributed by atoms with Crippen LogP contribution in [0.2, 0.25) is 0 Å². The molecule has 0 N–H and O–H groups in total. The van der Waals surface area contributed by atoms with Gasteiger partial charge in [-0.05, 0) is 65.2 Å². The highest BCUT2D eigenvalue weighted by atomic mass is 16.5. The monoisotopic (exact) mass is 254 g/mol. The average Bonchev–Trinajstić information content (AvgIpc) is 3.00. The second kappa shape index (κ2) is 7.10. The number of carbonyl (C=O) groups is 1. The standard InChI is InChI=1S/C14H26N2O2/c1-2-18-14(17)13-7-5-11-16(13)12-6-10-15-8-3-4-9-15/h13H,2-12H2,1H3. The Labute approximate surface area is 110 Å². The molecule has 2 fully saturated rings. The van der Waals surface area contributed by atoms with E-state index < -0.39 is 0 Å². The first-order chi connectivity index (χ1) is 8.81. The Morgan fingerprint density at radius 1 is 1.17 bits per heavy atom. The van der Waals surface area contributed by atoms with E-state index in [1.807, 2.05) is 6.92 Å². The topological polar surface area (TPSA) is 32.8 Å². The fourth-order valence-corrected chi connectivity index (χ4v) is 3.10. The van der Waals surface area contributed by atoms with E-state index in [1.54, 1.807) is 0 Å². The molecule has 2 aliphatic rings. The third-order valence-corrected chi connectivity index (χ3v) is 4.04. The summed E-state index contributed by atoms with van der Waals surface area (Å²) in [5, 5.41) is 0. The molecule has 104 valence electrons. The number of esters is 1. The van der Waals surface area contributed by atoms with Crippen LogP contribution in [0, 0.1) is 0 Å². The zero-order valence-electron chi connectivity index (χ0n) is 11.6. The van der Waals surface area contributed by atoms with Crippen molar-refractivity contribution in [2.75, 3.05) is 39.3 Å². The van der Waals surface area contributed by atoms with Crippen molar-refractivity contribution in [1.82, 2.24) is 9.80 Å². The molecule has 0 aromatic heterocycles. The van der Waals surface area contributed by atoms with Crippen molar-refractivity contribution in [2.45, 2.75) is 45.1 Å². The molecule has 1 unspecified atom stereocenters. The third-order valence-electron chi connectivity index (χ3n) is 4.04. The Kier molecular flexibility index (Phi) is 5.45. The first-order valence-corrected chi connectivity index (χ1v) is 7.44. The summed E-state index contributed by atoms with van der Waals surface area (Å²) in [6, 6.07) is 0.0310. The van der Waals surface area contributed by atoms with Gasteiger partial charge in [0.25, 0.3) is 0 Å². The van der Waals surface area contributed by atoms with Crippen LogP contribution in [0.1, 0.15) is 39.0 Å². The van der Waals surface area contributed by atoms with E-state index in [9.17, 15) is 4.79 Å². The van der Waals surface area contributed by atoms with Gasteiger partial charge in [0.1, 0.15) is 6.04 Å². The van der Waals surface area contributed by atoms with Crippen LogP contribution in [0.15, 0.2) is 0 Å². The van der Waals surface area contributed by atoms with Crippen LogP contribution < -0.4 is 0 Å². The molecule has 4 heteroatoms. The Morgan fingerprint density at radius 3 is 2.67 bits per heavy atom. The lowest BCUT2D eigenvalue weighted by atomic mass is 10.2. The fourth-order valence-electron chi connectivity index (χ4n) is 3.10. The van der Waals surface area contributed by atoms with Crippen LogP contribution in [0.25, 0.3) is 0 Å². The van der Waals surface area contributed by atoms with Gasteiger partial charge >= 0.3 is 5.97 Å². The number of rotatable bonds is 6.